The zero-order chi connectivity index (χ0) is 31.3. The number of fused-ring (bicyclic) bond motifs is 1. The molecule has 0 spiro atoms. The molecule has 0 aliphatic carbocycles. The van der Waals surface area contributed by atoms with Gasteiger partial charge >= 0.3 is 0 Å². The lowest BCUT2D eigenvalue weighted by molar-refractivity contribution is -0.234. The molecule has 0 saturated carbocycles. The lowest BCUT2D eigenvalue weighted by Gasteiger charge is -2.42. The van der Waals surface area contributed by atoms with E-state index < -0.39 is 113 Å². The number of hydrogen-bond acceptors (Lipinski definition) is 15. The van der Waals surface area contributed by atoms with Crippen LogP contribution in [-0.2, 0) is 9.47 Å². The predicted molar refractivity (Wildman–Crippen MR) is 143 cm³/mol. The molecule has 2 aliphatic rings. The highest BCUT2D eigenvalue weighted by Crippen LogP contribution is 2.51. The van der Waals surface area contributed by atoms with Crippen LogP contribution in [0, 0.1) is 0 Å². The van der Waals surface area contributed by atoms with E-state index in [-0.39, 0.29) is 5.76 Å². The molecule has 3 aromatic rings. The quantitative estimate of drug-likeness (QED) is 0.144. The Hall–Kier alpha value is -3.35. The molecule has 1 aromatic heterocycles. The average molecular weight is 609 g/mol. The van der Waals surface area contributed by atoms with Crippen molar-refractivity contribution < 1.29 is 69.7 Å². The molecule has 2 fully saturated rings. The van der Waals surface area contributed by atoms with Crippen LogP contribution in [0.4, 0.5) is 0 Å². The molecule has 5 rings (SSSR count). The van der Waals surface area contributed by atoms with E-state index in [1.54, 1.807) is 24.3 Å². The number of hydrogen-bond donors (Lipinski definition) is 10. The Balaban J connectivity index is 1.80. The van der Waals surface area contributed by atoms with Gasteiger partial charge in [0.25, 0.3) is 0 Å². The highest BCUT2D eigenvalue weighted by atomic mass is 16.6. The Morgan fingerprint density at radius 2 is 1.23 bits per heavy atom. The van der Waals surface area contributed by atoms with Gasteiger partial charge in [0.15, 0.2) is 11.0 Å². The number of benzene rings is 2. The topological polar surface area (TPSA) is 260 Å². The van der Waals surface area contributed by atoms with E-state index in [1.807, 2.05) is 0 Å². The average Bonchev–Trinajstić information content (AvgIpc) is 3.00. The molecule has 2 saturated heterocycles. The normalized spacial score (nSPS) is 33.0. The molecule has 0 amide bonds. The maximum Gasteiger partial charge on any atom is 0.197 e. The van der Waals surface area contributed by atoms with E-state index in [9.17, 15) is 55.9 Å². The van der Waals surface area contributed by atoms with Crippen LogP contribution < -0.4 is 10.2 Å². The Labute approximate surface area is 242 Å². The van der Waals surface area contributed by atoms with Crippen molar-refractivity contribution in [1.29, 1.82) is 0 Å². The number of methoxy groups -OCH3 is 1. The van der Waals surface area contributed by atoms with Gasteiger partial charge in [-0.25, -0.2) is 0 Å². The molecular weight excluding hydrogens is 576 g/mol. The lowest BCUT2D eigenvalue weighted by atomic mass is 9.85. The minimum Gasteiger partial charge on any atom is -0.507 e. The zero-order valence-electron chi connectivity index (χ0n) is 22.6. The van der Waals surface area contributed by atoms with E-state index in [0.29, 0.717) is 11.3 Å². The number of aliphatic hydroxyl groups is 8. The Kier molecular flexibility index (Phi) is 8.65. The summed E-state index contributed by atoms with van der Waals surface area (Å²) in [5.41, 5.74) is -2.27. The second-order valence-electron chi connectivity index (χ2n) is 10.4. The number of aliphatic hydroxyl groups excluding tert-OH is 8. The van der Waals surface area contributed by atoms with Crippen LogP contribution in [-0.4, -0.2) is 120 Å². The van der Waals surface area contributed by atoms with Gasteiger partial charge in [-0.2, -0.15) is 0 Å². The first-order valence-electron chi connectivity index (χ1n) is 13.3. The van der Waals surface area contributed by atoms with Crippen LogP contribution in [0.5, 0.6) is 17.2 Å². The molecule has 10 atom stereocenters. The summed E-state index contributed by atoms with van der Waals surface area (Å²) in [6, 6.07) is 7.29. The Bertz CT molecular complexity index is 1520. The second-order valence-corrected chi connectivity index (χ2v) is 10.4. The van der Waals surface area contributed by atoms with Crippen molar-refractivity contribution in [3.05, 3.63) is 51.7 Å². The van der Waals surface area contributed by atoms with Gasteiger partial charge in [-0.3, -0.25) is 4.79 Å². The minimum absolute atomic E-state index is 0.0645. The van der Waals surface area contributed by atoms with Gasteiger partial charge in [-0.15, -0.1) is 0 Å². The SMILES string of the molecule is COc1ccc(-c2cc(=O)c3c(O)c([C@@H]4O[C@H](CO)[C@@H](O)[C@H](O)[C@H]4O)c(O)c(C4O[C@H](CO)[C@@H](O)[C@H](O)[C@H]4O)c3o2)cc1. The summed E-state index contributed by atoms with van der Waals surface area (Å²) in [7, 11) is 1.45. The van der Waals surface area contributed by atoms with Crippen LogP contribution >= 0.6 is 0 Å². The maximum absolute atomic E-state index is 13.5. The molecule has 15 heteroatoms. The summed E-state index contributed by atoms with van der Waals surface area (Å²) >= 11 is 0. The summed E-state index contributed by atoms with van der Waals surface area (Å²) in [6.07, 6.45) is -18.0. The molecule has 3 heterocycles. The third kappa shape index (κ3) is 5.12. The molecule has 234 valence electrons. The highest BCUT2D eigenvalue weighted by Gasteiger charge is 2.50. The van der Waals surface area contributed by atoms with Gasteiger partial charge in [0.1, 0.15) is 89.4 Å². The zero-order valence-corrected chi connectivity index (χ0v) is 22.6. The summed E-state index contributed by atoms with van der Waals surface area (Å²) < 4.78 is 22.3. The van der Waals surface area contributed by atoms with Crippen molar-refractivity contribution in [1.82, 2.24) is 0 Å². The van der Waals surface area contributed by atoms with Crippen molar-refractivity contribution in [3.63, 3.8) is 0 Å². The summed E-state index contributed by atoms with van der Waals surface area (Å²) in [4.78, 5) is 13.5. The number of aromatic hydroxyl groups is 2. The fourth-order valence-corrected chi connectivity index (χ4v) is 5.52. The molecule has 15 nitrogen and oxygen atoms in total. The van der Waals surface area contributed by atoms with Crippen LogP contribution in [0.1, 0.15) is 23.3 Å². The van der Waals surface area contributed by atoms with Crippen LogP contribution in [0.25, 0.3) is 22.3 Å². The highest BCUT2D eigenvalue weighted by molar-refractivity contribution is 5.92. The third-order valence-electron chi connectivity index (χ3n) is 7.92. The van der Waals surface area contributed by atoms with E-state index in [4.69, 9.17) is 18.6 Å². The fraction of sp³-hybridized carbons (Fsp3) is 0.464. The van der Waals surface area contributed by atoms with Crippen molar-refractivity contribution in [3.8, 4) is 28.6 Å². The van der Waals surface area contributed by atoms with Gasteiger partial charge in [-0.05, 0) is 24.3 Å². The Morgan fingerprint density at radius 3 is 1.72 bits per heavy atom. The van der Waals surface area contributed by atoms with E-state index in [0.717, 1.165) is 6.07 Å². The van der Waals surface area contributed by atoms with Crippen molar-refractivity contribution >= 4 is 11.0 Å². The third-order valence-corrected chi connectivity index (χ3v) is 7.92. The number of phenolic OH excluding ortho intramolecular Hbond substituents is 2. The standard InChI is InChI=1S/C28H32O15/c1-40-10-4-2-9(3-5-10)12-6-11(31)15-20(34)16(27-24(38)22(36)18(32)13(7-29)42-27)21(35)17(26(15)41-12)28-25(39)23(37)19(33)14(8-30)43-28/h2-6,13-14,18-19,22-25,27-30,32-39H,7-8H2,1H3/t13-,14-,18-,19-,22+,23+,24-,25-,27+,28?/m1/s1. The number of rotatable bonds is 6. The monoisotopic (exact) mass is 608 g/mol. The van der Waals surface area contributed by atoms with Gasteiger partial charge in [0, 0.05) is 11.6 Å². The lowest BCUT2D eigenvalue weighted by Crippen LogP contribution is -2.55. The van der Waals surface area contributed by atoms with E-state index >= 15 is 0 Å². The van der Waals surface area contributed by atoms with Crippen LogP contribution in [0.3, 0.4) is 0 Å². The molecule has 0 radical (unpaired) electrons. The minimum atomic E-state index is -2.01. The van der Waals surface area contributed by atoms with Gasteiger partial charge < -0.3 is 69.7 Å². The fourth-order valence-electron chi connectivity index (χ4n) is 5.52. The molecular formula is C28H32O15. The van der Waals surface area contributed by atoms with Gasteiger partial charge in [0.05, 0.1) is 31.5 Å². The van der Waals surface area contributed by atoms with Crippen LogP contribution in [0.15, 0.2) is 39.5 Å². The maximum atomic E-state index is 13.5. The predicted octanol–water partition coefficient (Wildman–Crippen LogP) is -2.09. The van der Waals surface area contributed by atoms with E-state index in [2.05, 4.69) is 0 Å². The van der Waals surface area contributed by atoms with E-state index in [1.165, 1.54) is 7.11 Å². The second kappa shape index (κ2) is 12.0. The van der Waals surface area contributed by atoms with Crippen molar-refractivity contribution in [2.24, 2.45) is 0 Å². The van der Waals surface area contributed by atoms with Crippen LogP contribution in [0.2, 0.25) is 0 Å². The molecule has 0 bridgehead atoms. The first-order chi connectivity index (χ1) is 20.4. The number of phenols is 2. The summed E-state index contributed by atoms with van der Waals surface area (Å²) in [5.74, 6) is -1.51. The molecule has 10 N–H and O–H groups in total. The molecule has 1 unspecified atom stereocenters. The Morgan fingerprint density at radius 1 is 0.721 bits per heavy atom. The largest absolute Gasteiger partial charge is 0.507 e. The van der Waals surface area contributed by atoms with Gasteiger partial charge in [0.2, 0.25) is 0 Å². The molecule has 43 heavy (non-hydrogen) atoms. The first kappa shape index (κ1) is 31.1. The molecule has 2 aromatic carbocycles. The number of ether oxygens (including phenoxy) is 3. The van der Waals surface area contributed by atoms with Gasteiger partial charge in [-0.1, -0.05) is 0 Å². The summed E-state index contributed by atoms with van der Waals surface area (Å²) in [5, 5.41) is 105. The van der Waals surface area contributed by atoms with Crippen molar-refractivity contribution in [2.45, 2.75) is 61.0 Å². The molecule has 2 aliphatic heterocycles. The van der Waals surface area contributed by atoms with Crippen molar-refractivity contribution in [2.75, 3.05) is 20.3 Å². The smallest absolute Gasteiger partial charge is 0.197 e. The first-order valence-corrected chi connectivity index (χ1v) is 13.3. The summed E-state index contributed by atoms with van der Waals surface area (Å²) in [6.45, 7) is -1.68.